The van der Waals surface area contributed by atoms with Crippen molar-refractivity contribution in [3.05, 3.63) is 71.8 Å². The SMILES string of the molecule is COc1ccc2nc(NS(=O)c3ccc(Cl)cc3)c(Nc3cccc(NC(C)=O)c3)nc2c1. The molecule has 0 aliphatic rings. The van der Waals surface area contributed by atoms with Gasteiger partial charge in [0.15, 0.2) is 22.6 Å². The molecule has 1 heterocycles. The second-order valence-corrected chi connectivity index (χ2v) is 8.64. The number of halogens is 1. The Morgan fingerprint density at radius 1 is 0.939 bits per heavy atom. The lowest BCUT2D eigenvalue weighted by molar-refractivity contribution is -0.114. The molecule has 4 rings (SSSR count). The molecule has 10 heteroatoms. The number of carbonyl (C=O) groups is 1. The van der Waals surface area contributed by atoms with Crippen LogP contribution in [0.3, 0.4) is 0 Å². The molecular weight excluding hydrogens is 462 g/mol. The summed E-state index contributed by atoms with van der Waals surface area (Å²) in [5.41, 5.74) is 2.49. The number of amides is 1. The second-order valence-electron chi connectivity index (χ2n) is 6.99. The van der Waals surface area contributed by atoms with Crippen LogP contribution >= 0.6 is 11.6 Å². The molecule has 0 saturated heterocycles. The highest BCUT2D eigenvalue weighted by Crippen LogP contribution is 2.29. The molecule has 3 aromatic carbocycles. The van der Waals surface area contributed by atoms with Gasteiger partial charge in [-0.1, -0.05) is 17.7 Å². The maximum absolute atomic E-state index is 12.9. The molecule has 0 bridgehead atoms. The number of hydrogen-bond donors (Lipinski definition) is 3. The summed E-state index contributed by atoms with van der Waals surface area (Å²) in [6.45, 7) is 1.44. The van der Waals surface area contributed by atoms with E-state index in [1.165, 1.54) is 6.92 Å². The van der Waals surface area contributed by atoms with E-state index in [4.69, 9.17) is 16.3 Å². The van der Waals surface area contributed by atoms with Gasteiger partial charge in [0.2, 0.25) is 5.91 Å². The molecule has 4 aromatic rings. The Kier molecular flexibility index (Phi) is 6.71. The number of nitrogens with zero attached hydrogens (tertiary/aromatic N) is 2. The zero-order chi connectivity index (χ0) is 23.4. The molecule has 1 amide bonds. The number of benzene rings is 3. The van der Waals surface area contributed by atoms with Crippen LogP contribution in [0.4, 0.5) is 23.0 Å². The number of hydrogen-bond acceptors (Lipinski definition) is 6. The predicted octanol–water partition coefficient (Wildman–Crippen LogP) is 5.13. The van der Waals surface area contributed by atoms with Gasteiger partial charge in [-0.3, -0.25) is 9.52 Å². The van der Waals surface area contributed by atoms with Crippen LogP contribution in [0.1, 0.15) is 6.92 Å². The number of nitrogens with one attached hydrogen (secondary N) is 3. The molecule has 0 spiro atoms. The number of anilines is 4. The van der Waals surface area contributed by atoms with Crippen LogP contribution < -0.4 is 20.1 Å². The van der Waals surface area contributed by atoms with Crippen molar-refractivity contribution in [2.24, 2.45) is 0 Å². The summed E-state index contributed by atoms with van der Waals surface area (Å²) < 4.78 is 21.2. The van der Waals surface area contributed by atoms with Crippen LogP contribution in [-0.4, -0.2) is 27.2 Å². The average Bonchev–Trinajstić information content (AvgIpc) is 2.79. The van der Waals surface area contributed by atoms with Crippen LogP contribution in [0.25, 0.3) is 11.0 Å². The van der Waals surface area contributed by atoms with Gasteiger partial charge in [-0.2, -0.15) is 0 Å². The molecule has 8 nitrogen and oxygen atoms in total. The van der Waals surface area contributed by atoms with E-state index in [2.05, 4.69) is 25.3 Å². The maximum atomic E-state index is 12.9. The number of methoxy groups -OCH3 is 1. The van der Waals surface area contributed by atoms with Gasteiger partial charge < -0.3 is 15.4 Å². The van der Waals surface area contributed by atoms with Crippen molar-refractivity contribution in [3.8, 4) is 5.75 Å². The van der Waals surface area contributed by atoms with Crippen molar-refractivity contribution in [1.82, 2.24) is 9.97 Å². The first kappa shape index (κ1) is 22.5. The highest BCUT2D eigenvalue weighted by Gasteiger charge is 2.14. The molecule has 1 unspecified atom stereocenters. The highest BCUT2D eigenvalue weighted by atomic mass is 35.5. The van der Waals surface area contributed by atoms with Crippen LogP contribution in [0, 0.1) is 0 Å². The van der Waals surface area contributed by atoms with Gasteiger partial charge in [0.25, 0.3) is 0 Å². The minimum absolute atomic E-state index is 0.176. The molecule has 0 saturated carbocycles. The van der Waals surface area contributed by atoms with E-state index in [0.717, 1.165) is 0 Å². The van der Waals surface area contributed by atoms with Crippen molar-refractivity contribution in [2.45, 2.75) is 11.8 Å². The number of carbonyl (C=O) groups excluding carboxylic acids is 1. The molecule has 33 heavy (non-hydrogen) atoms. The minimum atomic E-state index is -1.60. The van der Waals surface area contributed by atoms with E-state index in [1.807, 2.05) is 6.07 Å². The number of ether oxygens (including phenoxy) is 1. The second kappa shape index (κ2) is 9.85. The maximum Gasteiger partial charge on any atom is 0.221 e. The van der Waals surface area contributed by atoms with E-state index in [9.17, 15) is 9.00 Å². The third kappa shape index (κ3) is 5.57. The average molecular weight is 482 g/mol. The molecule has 0 fully saturated rings. The fourth-order valence-corrected chi connectivity index (χ4v) is 3.98. The zero-order valence-electron chi connectivity index (χ0n) is 17.8. The van der Waals surface area contributed by atoms with Crippen LogP contribution in [0.15, 0.2) is 71.6 Å². The monoisotopic (exact) mass is 481 g/mol. The first-order valence-electron chi connectivity index (χ1n) is 9.86. The van der Waals surface area contributed by atoms with Crippen molar-refractivity contribution in [1.29, 1.82) is 0 Å². The van der Waals surface area contributed by atoms with Crippen molar-refractivity contribution >= 4 is 62.5 Å². The lowest BCUT2D eigenvalue weighted by Crippen LogP contribution is -2.10. The van der Waals surface area contributed by atoms with Crippen molar-refractivity contribution in [3.63, 3.8) is 0 Å². The summed E-state index contributed by atoms with van der Waals surface area (Å²) in [6, 6.07) is 19.2. The standard InChI is InChI=1S/C23H20ClN5O3S/c1-14(30)25-16-4-3-5-17(12-16)26-22-23(29-33(31)19-9-6-15(24)7-10-19)27-20-11-8-18(32-2)13-21(20)28-22/h3-13H,1-2H3,(H,25,30)(H,26,28)(H,27,29). The molecule has 1 atom stereocenters. The smallest absolute Gasteiger partial charge is 0.221 e. The third-order valence-corrected chi connectivity index (χ3v) is 5.87. The zero-order valence-corrected chi connectivity index (χ0v) is 19.3. The summed E-state index contributed by atoms with van der Waals surface area (Å²) in [5.74, 6) is 1.12. The number of aromatic nitrogens is 2. The van der Waals surface area contributed by atoms with E-state index < -0.39 is 11.0 Å². The predicted molar refractivity (Wildman–Crippen MR) is 132 cm³/mol. The Morgan fingerprint density at radius 3 is 2.39 bits per heavy atom. The van der Waals surface area contributed by atoms with Crippen molar-refractivity contribution < 1.29 is 13.7 Å². The number of rotatable bonds is 7. The van der Waals surface area contributed by atoms with Gasteiger partial charge in [-0.15, -0.1) is 0 Å². The molecule has 0 aliphatic carbocycles. The van der Waals surface area contributed by atoms with Gasteiger partial charge in [0.1, 0.15) is 5.75 Å². The lowest BCUT2D eigenvalue weighted by atomic mass is 10.2. The number of fused-ring (bicyclic) bond motifs is 1. The first-order chi connectivity index (χ1) is 15.9. The summed E-state index contributed by atoms with van der Waals surface area (Å²) >= 11 is 5.94. The fourth-order valence-electron chi connectivity index (χ4n) is 3.04. The normalized spacial score (nSPS) is 11.6. The Labute approximate surface area is 197 Å². The Bertz CT molecular complexity index is 1350. The highest BCUT2D eigenvalue weighted by molar-refractivity contribution is 7.86. The van der Waals surface area contributed by atoms with E-state index in [-0.39, 0.29) is 5.91 Å². The topological polar surface area (TPSA) is 105 Å². The van der Waals surface area contributed by atoms with E-state index >= 15 is 0 Å². The Morgan fingerprint density at radius 2 is 1.67 bits per heavy atom. The minimum Gasteiger partial charge on any atom is -0.497 e. The van der Waals surface area contributed by atoms with Gasteiger partial charge in [0, 0.05) is 29.4 Å². The van der Waals surface area contributed by atoms with Crippen LogP contribution in [-0.2, 0) is 15.8 Å². The van der Waals surface area contributed by atoms with Gasteiger partial charge in [-0.05, 0) is 54.6 Å². The van der Waals surface area contributed by atoms with E-state index in [1.54, 1.807) is 67.8 Å². The van der Waals surface area contributed by atoms with Crippen LogP contribution in [0.2, 0.25) is 5.02 Å². The summed E-state index contributed by atoms with van der Waals surface area (Å²) in [4.78, 5) is 21.2. The van der Waals surface area contributed by atoms with Crippen LogP contribution in [0.5, 0.6) is 5.75 Å². The molecule has 168 valence electrons. The Hall–Kier alpha value is -3.69. The van der Waals surface area contributed by atoms with E-state index in [0.29, 0.717) is 49.7 Å². The third-order valence-electron chi connectivity index (χ3n) is 4.53. The Balaban J connectivity index is 1.72. The lowest BCUT2D eigenvalue weighted by Gasteiger charge is -2.14. The van der Waals surface area contributed by atoms with Gasteiger partial charge in [-0.25, -0.2) is 14.2 Å². The molecular formula is C23H20ClN5O3S. The van der Waals surface area contributed by atoms with Gasteiger partial charge in [0.05, 0.1) is 23.0 Å². The summed E-state index contributed by atoms with van der Waals surface area (Å²) in [7, 11) is -0.0290. The molecule has 1 aromatic heterocycles. The quantitative estimate of drug-likeness (QED) is 0.338. The molecule has 3 N–H and O–H groups in total. The first-order valence-corrected chi connectivity index (χ1v) is 11.4. The van der Waals surface area contributed by atoms with Crippen molar-refractivity contribution in [2.75, 3.05) is 22.5 Å². The largest absolute Gasteiger partial charge is 0.497 e. The fraction of sp³-hybridized carbons (Fsp3) is 0.0870. The van der Waals surface area contributed by atoms with Gasteiger partial charge >= 0.3 is 0 Å². The molecule has 0 radical (unpaired) electrons. The summed E-state index contributed by atoms with van der Waals surface area (Å²) in [5, 5.41) is 6.49. The summed E-state index contributed by atoms with van der Waals surface area (Å²) in [6.07, 6.45) is 0. The molecule has 0 aliphatic heterocycles.